The highest BCUT2D eigenvalue weighted by atomic mass is 35.5. The summed E-state index contributed by atoms with van der Waals surface area (Å²) in [5.74, 6) is -3.38. The van der Waals surface area contributed by atoms with Gasteiger partial charge in [-0.15, -0.1) is 0 Å². The van der Waals surface area contributed by atoms with Crippen LogP contribution in [-0.2, 0) is 19.8 Å². The third kappa shape index (κ3) is 6.18. The highest BCUT2D eigenvalue weighted by molar-refractivity contribution is 6.31. The van der Waals surface area contributed by atoms with Crippen molar-refractivity contribution in [2.75, 3.05) is 19.4 Å². The number of carbonyl (C=O) groups is 3. The van der Waals surface area contributed by atoms with E-state index in [1.54, 1.807) is 31.1 Å². The number of hydrogen-bond acceptors (Lipinski definition) is 4. The normalized spacial score (nSPS) is 24.1. The number of likely N-dealkylation sites (N-methyl/N-ethyl adjacent to an activating group) is 1. The number of hydrogen-bond donors (Lipinski definition) is 3. The lowest BCUT2D eigenvalue weighted by Crippen LogP contribution is -2.49. The zero-order chi connectivity index (χ0) is 29.5. The third-order valence-electron chi connectivity index (χ3n) is 6.78. The molecule has 1 saturated heterocycles. The van der Waals surface area contributed by atoms with Gasteiger partial charge in [0.2, 0.25) is 11.8 Å². The molecular formula is C27H30Cl2F3N3O4. The summed E-state index contributed by atoms with van der Waals surface area (Å²) in [5, 5.41) is 14.9. The van der Waals surface area contributed by atoms with Crippen LogP contribution in [0, 0.1) is 5.41 Å². The highest BCUT2D eigenvalue weighted by Crippen LogP contribution is 2.56. The van der Waals surface area contributed by atoms with E-state index >= 15 is 0 Å². The van der Waals surface area contributed by atoms with E-state index in [-0.39, 0.29) is 23.3 Å². The number of carbonyl (C=O) groups excluding carboxylic acids is 2. The van der Waals surface area contributed by atoms with Gasteiger partial charge in [0.1, 0.15) is 5.41 Å². The summed E-state index contributed by atoms with van der Waals surface area (Å²) in [6.07, 6.45) is -4.38. The summed E-state index contributed by atoms with van der Waals surface area (Å²) in [7, 11) is 3.48. The van der Waals surface area contributed by atoms with E-state index < -0.39 is 29.5 Å². The van der Waals surface area contributed by atoms with E-state index in [0.29, 0.717) is 22.2 Å². The fraction of sp³-hybridized carbons (Fsp3) is 0.444. The number of nitrogens with zero attached hydrogens (tertiary/aromatic N) is 1. The Bertz CT molecular complexity index is 1280. The number of alkyl halides is 3. The van der Waals surface area contributed by atoms with Crippen molar-refractivity contribution in [3.8, 4) is 0 Å². The van der Waals surface area contributed by atoms with Crippen LogP contribution in [0.2, 0.25) is 10.0 Å². The first-order valence-electron chi connectivity index (χ1n) is 12.0. The number of fused-ring (bicyclic) bond motifs is 2. The Morgan fingerprint density at radius 3 is 2.15 bits per heavy atom. The van der Waals surface area contributed by atoms with Gasteiger partial charge in [0.05, 0.1) is 6.04 Å². The number of aliphatic carboxylic acids is 1. The molecule has 0 bridgehead atoms. The largest absolute Gasteiger partial charge is 0.490 e. The number of halogens is 5. The zero-order valence-corrected chi connectivity index (χ0v) is 23.5. The SMILES string of the molecule is CN(C)C(=O)[C@@H]1N[C@@H](CC(C)(C)C)[C@@]2(C(=O)Nc3cc(Cl)ccc32)[C@H]1c1cccc(Cl)c1.O=C(O)C(F)(F)F. The van der Waals surface area contributed by atoms with Crippen molar-refractivity contribution in [1.29, 1.82) is 0 Å². The maximum atomic E-state index is 13.9. The van der Waals surface area contributed by atoms with E-state index in [9.17, 15) is 22.8 Å². The number of carboxylic acids is 1. The van der Waals surface area contributed by atoms with Gasteiger partial charge in [-0.3, -0.25) is 9.59 Å². The van der Waals surface area contributed by atoms with Crippen LogP contribution in [0.4, 0.5) is 18.9 Å². The van der Waals surface area contributed by atoms with Crippen molar-refractivity contribution >= 4 is 46.7 Å². The Morgan fingerprint density at radius 2 is 1.64 bits per heavy atom. The van der Waals surface area contributed by atoms with Crippen molar-refractivity contribution in [1.82, 2.24) is 10.2 Å². The first kappa shape index (κ1) is 30.7. The molecule has 2 heterocycles. The molecule has 2 aliphatic heterocycles. The molecule has 7 nitrogen and oxygen atoms in total. The summed E-state index contributed by atoms with van der Waals surface area (Å²) < 4.78 is 31.7. The molecule has 2 amide bonds. The molecule has 0 aliphatic carbocycles. The first-order chi connectivity index (χ1) is 17.9. The molecule has 4 rings (SSSR count). The van der Waals surface area contributed by atoms with Crippen molar-refractivity contribution in [2.24, 2.45) is 5.41 Å². The van der Waals surface area contributed by atoms with Gasteiger partial charge in [0, 0.05) is 41.8 Å². The summed E-state index contributed by atoms with van der Waals surface area (Å²) in [5.41, 5.74) is 1.38. The van der Waals surface area contributed by atoms with Crippen molar-refractivity contribution < 1.29 is 32.7 Å². The average molecular weight is 588 g/mol. The molecule has 2 aliphatic rings. The van der Waals surface area contributed by atoms with Crippen LogP contribution in [0.15, 0.2) is 42.5 Å². The molecule has 0 aromatic heterocycles. The topological polar surface area (TPSA) is 98.7 Å². The first-order valence-corrected chi connectivity index (χ1v) is 12.8. The van der Waals surface area contributed by atoms with E-state index in [0.717, 1.165) is 11.1 Å². The second-order valence-electron chi connectivity index (χ2n) is 11.0. The Morgan fingerprint density at radius 1 is 1.05 bits per heavy atom. The van der Waals surface area contributed by atoms with Gasteiger partial charge >= 0.3 is 12.1 Å². The number of benzene rings is 2. The van der Waals surface area contributed by atoms with E-state index in [1.807, 2.05) is 30.3 Å². The summed E-state index contributed by atoms with van der Waals surface area (Å²) in [6, 6.07) is 12.2. The molecule has 12 heteroatoms. The molecule has 0 unspecified atom stereocenters. The van der Waals surface area contributed by atoms with E-state index in [4.69, 9.17) is 33.1 Å². The Kier molecular flexibility index (Phi) is 8.65. The predicted molar refractivity (Wildman–Crippen MR) is 143 cm³/mol. The lowest BCUT2D eigenvalue weighted by atomic mass is 9.62. The molecule has 0 saturated carbocycles. The summed E-state index contributed by atoms with van der Waals surface area (Å²) in [6.45, 7) is 6.44. The molecule has 3 N–H and O–H groups in total. The number of anilines is 1. The van der Waals surface area contributed by atoms with Gasteiger partial charge in [0.15, 0.2) is 0 Å². The van der Waals surface area contributed by atoms with Crippen LogP contribution in [0.25, 0.3) is 0 Å². The minimum Gasteiger partial charge on any atom is -0.475 e. The number of amides is 2. The molecule has 2 aromatic rings. The lowest BCUT2D eigenvalue weighted by molar-refractivity contribution is -0.192. The molecule has 212 valence electrons. The van der Waals surface area contributed by atoms with E-state index in [2.05, 4.69) is 31.4 Å². The number of rotatable bonds is 3. The lowest BCUT2D eigenvalue weighted by Gasteiger charge is -2.37. The Balaban J connectivity index is 0.000000532. The molecule has 1 spiro atoms. The fourth-order valence-electron chi connectivity index (χ4n) is 5.39. The minimum absolute atomic E-state index is 0.0685. The standard InChI is InChI=1S/C25H29Cl2N3O2.C2HF3O2/c1-24(2,3)13-19-25(17-10-9-16(27)12-18(17)28-23(25)32)20(14-7-6-8-15(26)11-14)21(29-19)22(31)30(4)5;3-2(4,5)1(6)7/h6-12,19-21,29H,13H2,1-5H3,(H,28,32);(H,6,7)/t19-,20-,21+,25+;/m0./s1. The molecule has 2 aromatic carbocycles. The van der Waals surface area contributed by atoms with Gasteiger partial charge in [-0.25, -0.2) is 4.79 Å². The van der Waals surface area contributed by atoms with Crippen LogP contribution in [0.5, 0.6) is 0 Å². The van der Waals surface area contributed by atoms with Gasteiger partial charge in [0.25, 0.3) is 0 Å². The third-order valence-corrected chi connectivity index (χ3v) is 7.25. The second-order valence-corrected chi connectivity index (χ2v) is 11.9. The van der Waals surface area contributed by atoms with Gasteiger partial charge in [-0.05, 0) is 47.2 Å². The molecule has 4 atom stereocenters. The molecular weight excluding hydrogens is 558 g/mol. The minimum atomic E-state index is -5.08. The van der Waals surface area contributed by atoms with Gasteiger partial charge in [-0.1, -0.05) is 62.2 Å². The Hall–Kier alpha value is -2.82. The second kappa shape index (κ2) is 11.0. The number of nitrogens with one attached hydrogen (secondary N) is 2. The average Bonchev–Trinajstić information content (AvgIpc) is 3.26. The van der Waals surface area contributed by atoms with Crippen LogP contribution in [0.1, 0.15) is 44.2 Å². The monoisotopic (exact) mass is 587 g/mol. The number of carboxylic acid groups (broad SMARTS) is 1. The maximum Gasteiger partial charge on any atom is 0.490 e. The zero-order valence-electron chi connectivity index (χ0n) is 22.0. The quantitative estimate of drug-likeness (QED) is 0.442. The van der Waals surface area contributed by atoms with Crippen molar-refractivity contribution in [3.05, 3.63) is 63.6 Å². The van der Waals surface area contributed by atoms with Gasteiger partial charge < -0.3 is 20.6 Å². The van der Waals surface area contributed by atoms with Gasteiger partial charge in [-0.2, -0.15) is 13.2 Å². The van der Waals surface area contributed by atoms with Crippen molar-refractivity contribution in [2.45, 2.75) is 56.8 Å². The highest BCUT2D eigenvalue weighted by Gasteiger charge is 2.65. The molecule has 1 fully saturated rings. The van der Waals surface area contributed by atoms with Crippen LogP contribution >= 0.6 is 23.2 Å². The van der Waals surface area contributed by atoms with Crippen LogP contribution < -0.4 is 10.6 Å². The van der Waals surface area contributed by atoms with E-state index in [1.165, 1.54) is 0 Å². The van der Waals surface area contributed by atoms with Crippen molar-refractivity contribution in [3.63, 3.8) is 0 Å². The molecule has 0 radical (unpaired) electrons. The Labute approximate surface area is 234 Å². The fourth-order valence-corrected chi connectivity index (χ4v) is 5.76. The molecule has 39 heavy (non-hydrogen) atoms. The predicted octanol–water partition coefficient (Wildman–Crippen LogP) is 5.47. The smallest absolute Gasteiger partial charge is 0.475 e. The van der Waals surface area contributed by atoms with Crippen LogP contribution in [0.3, 0.4) is 0 Å². The summed E-state index contributed by atoms with van der Waals surface area (Å²) in [4.78, 5) is 37.8. The summed E-state index contributed by atoms with van der Waals surface area (Å²) >= 11 is 12.6. The maximum absolute atomic E-state index is 13.9. The van der Waals surface area contributed by atoms with Crippen LogP contribution in [-0.4, -0.2) is 60.1 Å².